The highest BCUT2D eigenvalue weighted by Gasteiger charge is 2.16. The summed E-state index contributed by atoms with van der Waals surface area (Å²) >= 11 is 5.98. The van der Waals surface area contributed by atoms with E-state index in [0.717, 1.165) is 5.56 Å². The molecule has 0 bridgehead atoms. The summed E-state index contributed by atoms with van der Waals surface area (Å²) in [7, 11) is 1.49. The van der Waals surface area contributed by atoms with Crippen LogP contribution < -0.4 is 5.32 Å². The molecule has 0 unspecified atom stereocenters. The minimum atomic E-state index is -1.08. The van der Waals surface area contributed by atoms with Crippen molar-refractivity contribution >= 4 is 23.6 Å². The summed E-state index contributed by atoms with van der Waals surface area (Å²) in [6, 6.07) is 6.66. The van der Waals surface area contributed by atoms with Crippen molar-refractivity contribution in [3.8, 4) is 0 Å². The number of methoxy groups -OCH3 is 1. The van der Waals surface area contributed by atoms with Gasteiger partial charge in [-0.1, -0.05) is 29.8 Å². The predicted octanol–water partition coefficient (Wildman–Crippen LogP) is 1.58. The van der Waals surface area contributed by atoms with Crippen LogP contribution in [0.4, 0.5) is 4.79 Å². The maximum absolute atomic E-state index is 11.9. The normalized spacial score (nSPS) is 10.1. The third-order valence-corrected chi connectivity index (χ3v) is 2.94. The number of rotatable bonds is 7. The first kappa shape index (κ1) is 16.3. The number of carbonyl (C=O) groups excluding carboxylic acids is 1. The van der Waals surface area contributed by atoms with Gasteiger partial charge in [-0.25, -0.2) is 4.79 Å². The van der Waals surface area contributed by atoms with Crippen molar-refractivity contribution in [2.75, 3.05) is 26.8 Å². The Hall–Kier alpha value is -1.79. The Morgan fingerprint density at radius 3 is 2.70 bits per heavy atom. The zero-order chi connectivity index (χ0) is 15.0. The second-order valence-electron chi connectivity index (χ2n) is 4.06. The molecule has 0 saturated carbocycles. The van der Waals surface area contributed by atoms with Gasteiger partial charge in [0.25, 0.3) is 0 Å². The fraction of sp³-hybridized carbons (Fsp3) is 0.385. The SMILES string of the molecule is COCCN(CC(=O)O)C(=O)NCc1ccccc1Cl. The molecule has 0 aromatic heterocycles. The molecule has 0 aliphatic carbocycles. The highest BCUT2D eigenvalue weighted by molar-refractivity contribution is 6.31. The molecule has 1 aromatic rings. The van der Waals surface area contributed by atoms with Crippen LogP contribution in [-0.2, 0) is 16.1 Å². The lowest BCUT2D eigenvalue weighted by Gasteiger charge is -2.21. The topological polar surface area (TPSA) is 78.9 Å². The van der Waals surface area contributed by atoms with E-state index >= 15 is 0 Å². The Labute approximate surface area is 122 Å². The quantitative estimate of drug-likeness (QED) is 0.801. The minimum absolute atomic E-state index is 0.206. The van der Waals surface area contributed by atoms with Crippen LogP contribution in [0.5, 0.6) is 0 Å². The highest BCUT2D eigenvalue weighted by atomic mass is 35.5. The second kappa shape index (κ2) is 8.39. The Morgan fingerprint density at radius 2 is 2.10 bits per heavy atom. The number of nitrogens with one attached hydrogen (secondary N) is 1. The molecular weight excluding hydrogens is 284 g/mol. The van der Waals surface area contributed by atoms with Gasteiger partial charge in [-0.2, -0.15) is 0 Å². The average Bonchev–Trinajstić information content (AvgIpc) is 2.41. The maximum atomic E-state index is 11.9. The number of aliphatic carboxylic acids is 1. The molecule has 0 saturated heterocycles. The Kier molecular flexibility index (Phi) is 6.83. The molecular formula is C13H17ClN2O4. The summed E-state index contributed by atoms with van der Waals surface area (Å²) in [5.74, 6) is -1.08. The number of carboxylic acid groups (broad SMARTS) is 1. The van der Waals surface area contributed by atoms with Crippen molar-refractivity contribution in [1.29, 1.82) is 0 Å². The van der Waals surface area contributed by atoms with Gasteiger partial charge in [-0.3, -0.25) is 4.79 Å². The van der Waals surface area contributed by atoms with Gasteiger partial charge in [0.15, 0.2) is 0 Å². The molecule has 0 aliphatic rings. The minimum Gasteiger partial charge on any atom is -0.480 e. The Balaban J connectivity index is 2.57. The van der Waals surface area contributed by atoms with Crippen molar-refractivity contribution in [3.05, 3.63) is 34.9 Å². The Morgan fingerprint density at radius 1 is 1.40 bits per heavy atom. The van der Waals surface area contributed by atoms with Crippen LogP contribution in [0.3, 0.4) is 0 Å². The third-order valence-electron chi connectivity index (χ3n) is 2.57. The fourth-order valence-corrected chi connectivity index (χ4v) is 1.74. The molecule has 0 fully saturated rings. The van der Waals surface area contributed by atoms with Crippen molar-refractivity contribution < 1.29 is 19.4 Å². The van der Waals surface area contributed by atoms with Gasteiger partial charge in [0.1, 0.15) is 6.54 Å². The third kappa shape index (κ3) is 5.46. The molecule has 2 amide bonds. The van der Waals surface area contributed by atoms with Crippen LogP contribution in [-0.4, -0.2) is 48.8 Å². The van der Waals surface area contributed by atoms with Crippen molar-refractivity contribution in [2.24, 2.45) is 0 Å². The number of amides is 2. The number of benzene rings is 1. The standard InChI is InChI=1S/C13H17ClN2O4/c1-20-7-6-16(9-12(17)18)13(19)15-8-10-4-2-3-5-11(10)14/h2-5H,6-9H2,1H3,(H,15,19)(H,17,18). The van der Waals surface area contributed by atoms with Crippen molar-refractivity contribution in [1.82, 2.24) is 10.2 Å². The number of nitrogens with zero attached hydrogens (tertiary/aromatic N) is 1. The number of halogens is 1. The van der Waals surface area contributed by atoms with E-state index in [-0.39, 0.29) is 26.2 Å². The highest BCUT2D eigenvalue weighted by Crippen LogP contribution is 2.14. The van der Waals surface area contributed by atoms with Crippen LogP contribution in [0.25, 0.3) is 0 Å². The number of hydrogen-bond donors (Lipinski definition) is 2. The number of hydrogen-bond acceptors (Lipinski definition) is 3. The van der Waals surface area contributed by atoms with Crippen molar-refractivity contribution in [2.45, 2.75) is 6.54 Å². The number of carbonyl (C=O) groups is 2. The lowest BCUT2D eigenvalue weighted by Crippen LogP contribution is -2.44. The van der Waals surface area contributed by atoms with Crippen LogP contribution in [0, 0.1) is 0 Å². The van der Waals surface area contributed by atoms with E-state index in [0.29, 0.717) is 5.02 Å². The van der Waals surface area contributed by atoms with Crippen LogP contribution in [0.2, 0.25) is 5.02 Å². The molecule has 20 heavy (non-hydrogen) atoms. The molecule has 0 atom stereocenters. The molecule has 7 heteroatoms. The van der Waals surface area contributed by atoms with E-state index in [9.17, 15) is 9.59 Å². The summed E-state index contributed by atoms with van der Waals surface area (Å²) < 4.78 is 4.85. The summed E-state index contributed by atoms with van der Waals surface area (Å²) in [4.78, 5) is 23.8. The summed E-state index contributed by atoms with van der Waals surface area (Å²) in [5, 5.41) is 12.0. The fourth-order valence-electron chi connectivity index (χ4n) is 1.54. The lowest BCUT2D eigenvalue weighted by molar-refractivity contribution is -0.137. The van der Waals surface area contributed by atoms with E-state index in [2.05, 4.69) is 5.32 Å². The van der Waals surface area contributed by atoms with Gasteiger partial charge in [0, 0.05) is 25.2 Å². The van der Waals surface area contributed by atoms with Gasteiger partial charge in [0.2, 0.25) is 0 Å². The number of urea groups is 1. The first-order valence-electron chi connectivity index (χ1n) is 6.01. The largest absolute Gasteiger partial charge is 0.480 e. The van der Waals surface area contributed by atoms with Crippen LogP contribution in [0.15, 0.2) is 24.3 Å². The Bertz CT molecular complexity index is 467. The van der Waals surface area contributed by atoms with Crippen molar-refractivity contribution in [3.63, 3.8) is 0 Å². The van der Waals surface area contributed by atoms with Gasteiger partial charge in [-0.15, -0.1) is 0 Å². The number of carboxylic acids is 1. The summed E-state index contributed by atoms with van der Waals surface area (Å²) in [6.07, 6.45) is 0. The monoisotopic (exact) mass is 300 g/mol. The van der Waals surface area contributed by atoms with E-state index in [1.807, 2.05) is 6.07 Å². The molecule has 0 radical (unpaired) electrons. The molecule has 0 aliphatic heterocycles. The van der Waals surface area contributed by atoms with Gasteiger partial charge < -0.3 is 20.1 Å². The first-order valence-corrected chi connectivity index (χ1v) is 6.39. The maximum Gasteiger partial charge on any atom is 0.323 e. The van der Waals surface area contributed by atoms with E-state index in [1.54, 1.807) is 18.2 Å². The van der Waals surface area contributed by atoms with E-state index in [4.69, 9.17) is 21.4 Å². The van der Waals surface area contributed by atoms with Gasteiger partial charge >= 0.3 is 12.0 Å². The average molecular weight is 301 g/mol. The van der Waals surface area contributed by atoms with Gasteiger partial charge in [-0.05, 0) is 11.6 Å². The summed E-state index contributed by atoms with van der Waals surface area (Å²) in [6.45, 7) is 0.337. The smallest absolute Gasteiger partial charge is 0.323 e. The van der Waals surface area contributed by atoms with Crippen LogP contribution in [0.1, 0.15) is 5.56 Å². The zero-order valence-electron chi connectivity index (χ0n) is 11.1. The molecule has 0 heterocycles. The molecule has 1 aromatic carbocycles. The number of ether oxygens (including phenoxy) is 1. The predicted molar refractivity (Wildman–Crippen MR) is 74.8 cm³/mol. The van der Waals surface area contributed by atoms with E-state index in [1.165, 1.54) is 12.0 Å². The lowest BCUT2D eigenvalue weighted by atomic mass is 10.2. The molecule has 1 rings (SSSR count). The van der Waals surface area contributed by atoms with E-state index < -0.39 is 12.0 Å². The van der Waals surface area contributed by atoms with Gasteiger partial charge in [0.05, 0.1) is 6.61 Å². The molecule has 6 nitrogen and oxygen atoms in total. The molecule has 0 spiro atoms. The first-order chi connectivity index (χ1) is 9.54. The zero-order valence-corrected chi connectivity index (χ0v) is 11.9. The molecule has 2 N–H and O–H groups in total. The molecule has 110 valence electrons. The van der Waals surface area contributed by atoms with Crippen LogP contribution >= 0.6 is 11.6 Å². The second-order valence-corrected chi connectivity index (χ2v) is 4.47. The summed E-state index contributed by atoms with van der Waals surface area (Å²) in [5.41, 5.74) is 0.768.